The summed E-state index contributed by atoms with van der Waals surface area (Å²) in [7, 11) is 5.29. The maximum absolute atomic E-state index is 4.06. The zero-order chi connectivity index (χ0) is 5.41. The summed E-state index contributed by atoms with van der Waals surface area (Å²) in [6.07, 6.45) is 0. The fourth-order valence-corrected chi connectivity index (χ4v) is 0. The van der Waals surface area contributed by atoms with Crippen LogP contribution in [0.25, 0.3) is 0 Å². The SMILES string of the molecule is CNC.C[O][Mn]. The second-order valence-corrected chi connectivity index (χ2v) is 1.14. The van der Waals surface area contributed by atoms with Crippen molar-refractivity contribution in [1.82, 2.24) is 5.32 Å². The molecule has 0 atom stereocenters. The van der Waals surface area contributed by atoms with E-state index in [0.29, 0.717) is 0 Å². The molecule has 0 rings (SSSR count). The van der Waals surface area contributed by atoms with Crippen LogP contribution in [-0.2, 0) is 20.2 Å². The molecule has 0 saturated heterocycles. The summed E-state index contributed by atoms with van der Waals surface area (Å²) in [6, 6.07) is 0. The monoisotopic (exact) mass is 131 g/mol. The summed E-state index contributed by atoms with van der Waals surface area (Å²) in [5, 5.41) is 2.75. The summed E-state index contributed by atoms with van der Waals surface area (Å²) in [5.74, 6) is 0. The van der Waals surface area contributed by atoms with Gasteiger partial charge in [0.1, 0.15) is 0 Å². The molecular weight excluding hydrogens is 121 g/mol. The molecule has 0 bridgehead atoms. The molecule has 0 heterocycles. The molecule has 6 heavy (non-hydrogen) atoms. The van der Waals surface area contributed by atoms with Crippen LogP contribution in [0.15, 0.2) is 0 Å². The topological polar surface area (TPSA) is 21.3 Å². The Balaban J connectivity index is 0. The first-order valence-corrected chi connectivity index (χ1v) is 2.04. The second-order valence-electron chi connectivity index (χ2n) is 0.654. The third-order valence-corrected chi connectivity index (χ3v) is 0. The van der Waals surface area contributed by atoms with E-state index >= 15 is 0 Å². The predicted molar refractivity (Wildman–Crippen MR) is 22.0 cm³/mol. The Hall–Kier alpha value is 0.439. The van der Waals surface area contributed by atoms with Gasteiger partial charge in [0.05, 0.1) is 0 Å². The molecule has 0 aromatic carbocycles. The van der Waals surface area contributed by atoms with Crippen LogP contribution in [0, 0.1) is 0 Å². The Bertz CT molecular complexity index is 12.8. The minimum absolute atomic E-state index is 1.54. The van der Waals surface area contributed by atoms with Crippen molar-refractivity contribution in [3.8, 4) is 0 Å². The van der Waals surface area contributed by atoms with Crippen LogP contribution in [0.5, 0.6) is 0 Å². The predicted octanol–water partition coefficient (Wildman–Crippen LogP) is -0.0698. The molecule has 0 saturated carbocycles. The molecule has 0 aliphatic rings. The van der Waals surface area contributed by atoms with E-state index < -0.39 is 0 Å². The number of nitrogens with one attached hydrogen (secondary N) is 1. The van der Waals surface area contributed by atoms with E-state index in [9.17, 15) is 0 Å². The number of hydrogen-bond donors (Lipinski definition) is 1. The fraction of sp³-hybridized carbons (Fsp3) is 1.00. The van der Waals surface area contributed by atoms with Crippen LogP contribution in [0.2, 0.25) is 0 Å². The molecule has 3 heteroatoms. The van der Waals surface area contributed by atoms with E-state index in [1.165, 1.54) is 0 Å². The molecule has 0 unspecified atom stereocenters. The Labute approximate surface area is 47.4 Å². The van der Waals surface area contributed by atoms with Crippen LogP contribution in [0.1, 0.15) is 0 Å². The average Bonchev–Trinajstić information content (AvgIpc) is 1.39. The third kappa shape index (κ3) is 272. The van der Waals surface area contributed by atoms with Crippen molar-refractivity contribution < 1.29 is 20.2 Å². The molecule has 1 N–H and O–H groups in total. The van der Waals surface area contributed by atoms with Gasteiger partial charge in [-0.1, -0.05) is 0 Å². The third-order valence-electron chi connectivity index (χ3n) is 0. The van der Waals surface area contributed by atoms with Crippen LogP contribution < -0.4 is 5.32 Å². The van der Waals surface area contributed by atoms with Gasteiger partial charge in [0.15, 0.2) is 0 Å². The fourth-order valence-electron chi connectivity index (χ4n) is 0. The van der Waals surface area contributed by atoms with E-state index in [0.717, 1.165) is 0 Å². The molecule has 0 fully saturated rings. The van der Waals surface area contributed by atoms with Crippen molar-refractivity contribution >= 4 is 0 Å². The van der Waals surface area contributed by atoms with Gasteiger partial charge in [0, 0.05) is 0 Å². The van der Waals surface area contributed by atoms with Crippen molar-refractivity contribution in [3.63, 3.8) is 0 Å². The molecule has 0 aliphatic carbocycles. The van der Waals surface area contributed by atoms with Gasteiger partial charge in [-0.15, -0.1) is 0 Å². The minimum atomic E-state index is 1.54. The second kappa shape index (κ2) is 18.0. The molecular formula is C3H10MnNO. The summed E-state index contributed by atoms with van der Waals surface area (Å²) in [5.41, 5.74) is 0. The van der Waals surface area contributed by atoms with Gasteiger partial charge in [-0.2, -0.15) is 0 Å². The van der Waals surface area contributed by atoms with Crippen LogP contribution in [0.3, 0.4) is 0 Å². The normalized spacial score (nSPS) is 6.00. The standard InChI is InChI=1S/C2H7N.CH3O.Mn/c1-3-2;1-2;/h3H,1-2H3;1H3;/q;-1;+1. The Morgan fingerprint density at radius 1 is 1.50 bits per heavy atom. The van der Waals surface area contributed by atoms with Gasteiger partial charge in [-0.05, 0) is 14.1 Å². The van der Waals surface area contributed by atoms with Crippen LogP contribution in [-0.4, -0.2) is 21.2 Å². The van der Waals surface area contributed by atoms with Gasteiger partial charge in [-0.25, -0.2) is 0 Å². The first-order valence-electron chi connectivity index (χ1n) is 1.56. The van der Waals surface area contributed by atoms with Crippen molar-refractivity contribution in [3.05, 3.63) is 0 Å². The first-order chi connectivity index (χ1) is 2.83. The van der Waals surface area contributed by atoms with Crippen molar-refractivity contribution in [2.75, 3.05) is 21.2 Å². The molecule has 40 valence electrons. The summed E-state index contributed by atoms with van der Waals surface area (Å²) in [4.78, 5) is 0. The van der Waals surface area contributed by atoms with Gasteiger partial charge < -0.3 is 5.32 Å². The summed E-state index contributed by atoms with van der Waals surface area (Å²) < 4.78 is 4.06. The van der Waals surface area contributed by atoms with E-state index in [4.69, 9.17) is 0 Å². The van der Waals surface area contributed by atoms with Gasteiger partial charge in [-0.3, -0.25) is 0 Å². The molecule has 2 nitrogen and oxygen atoms in total. The molecule has 0 radical (unpaired) electrons. The maximum atomic E-state index is 4.06. The van der Waals surface area contributed by atoms with Gasteiger partial charge in [0.25, 0.3) is 0 Å². The van der Waals surface area contributed by atoms with E-state index in [2.05, 4.69) is 25.5 Å². The molecule has 0 aromatic heterocycles. The quantitative estimate of drug-likeness (QED) is 0.464. The zero-order valence-electron chi connectivity index (χ0n) is 4.29. The van der Waals surface area contributed by atoms with E-state index in [1.54, 1.807) is 7.11 Å². The first kappa shape index (κ1) is 9.67. The Morgan fingerprint density at radius 3 is 1.50 bits per heavy atom. The van der Waals surface area contributed by atoms with Crippen molar-refractivity contribution in [2.45, 2.75) is 0 Å². The Morgan fingerprint density at radius 2 is 1.50 bits per heavy atom. The van der Waals surface area contributed by atoms with Crippen LogP contribution >= 0.6 is 0 Å². The van der Waals surface area contributed by atoms with Crippen molar-refractivity contribution in [2.24, 2.45) is 0 Å². The average molecular weight is 131 g/mol. The van der Waals surface area contributed by atoms with Gasteiger partial charge in [0.2, 0.25) is 0 Å². The molecule has 0 amide bonds. The van der Waals surface area contributed by atoms with E-state index in [1.807, 2.05) is 14.1 Å². The number of hydrogen-bond acceptors (Lipinski definition) is 2. The number of rotatable bonds is 0. The van der Waals surface area contributed by atoms with Gasteiger partial charge >= 0.3 is 27.3 Å². The molecule has 0 aliphatic heterocycles. The molecule has 0 aromatic rings. The summed E-state index contributed by atoms with van der Waals surface area (Å²) >= 11 is 2.65. The van der Waals surface area contributed by atoms with E-state index in [-0.39, 0.29) is 0 Å². The van der Waals surface area contributed by atoms with Crippen LogP contribution in [0.4, 0.5) is 0 Å². The summed E-state index contributed by atoms with van der Waals surface area (Å²) in [6.45, 7) is 0. The zero-order valence-corrected chi connectivity index (χ0v) is 5.47. The Kier molecular flexibility index (Phi) is 29.0. The van der Waals surface area contributed by atoms with Crippen molar-refractivity contribution in [1.29, 1.82) is 0 Å². The molecule has 0 spiro atoms.